The van der Waals surface area contributed by atoms with Crippen LogP contribution >= 0.6 is 0 Å². The fourth-order valence-corrected chi connectivity index (χ4v) is 3.90. The van der Waals surface area contributed by atoms with Gasteiger partial charge in [0.05, 0.1) is 6.10 Å². The quantitative estimate of drug-likeness (QED) is 0.777. The molecule has 2 rings (SSSR count). The average molecular weight is 296 g/mol. The van der Waals surface area contributed by atoms with Crippen molar-refractivity contribution in [1.82, 2.24) is 10.2 Å². The monoisotopic (exact) mass is 296 g/mol. The van der Waals surface area contributed by atoms with Crippen molar-refractivity contribution in [3.63, 3.8) is 0 Å². The van der Waals surface area contributed by atoms with Gasteiger partial charge < -0.3 is 10.1 Å². The van der Waals surface area contributed by atoms with Gasteiger partial charge in [-0.25, -0.2) is 0 Å². The highest BCUT2D eigenvalue weighted by Gasteiger charge is 2.42. The number of ether oxygens (including phenoxy) is 1. The Labute approximate surface area is 131 Å². The average Bonchev–Trinajstić information content (AvgIpc) is 3.03. The second-order valence-corrected chi connectivity index (χ2v) is 7.39. The summed E-state index contributed by atoms with van der Waals surface area (Å²) in [6.07, 6.45) is 9.29. The van der Waals surface area contributed by atoms with Gasteiger partial charge in [-0.3, -0.25) is 4.90 Å². The predicted molar refractivity (Wildman–Crippen MR) is 89.8 cm³/mol. The fourth-order valence-electron chi connectivity index (χ4n) is 3.90. The molecule has 3 heteroatoms. The third-order valence-electron chi connectivity index (χ3n) is 6.19. The Kier molecular flexibility index (Phi) is 6.10. The van der Waals surface area contributed by atoms with E-state index < -0.39 is 0 Å². The maximum Gasteiger partial charge on any atom is 0.0576 e. The van der Waals surface area contributed by atoms with Gasteiger partial charge in [-0.15, -0.1) is 0 Å². The molecule has 0 aromatic rings. The van der Waals surface area contributed by atoms with Crippen LogP contribution in [0, 0.1) is 0 Å². The van der Waals surface area contributed by atoms with Crippen LogP contribution in [0.4, 0.5) is 0 Å². The van der Waals surface area contributed by atoms with E-state index in [1.165, 1.54) is 58.0 Å². The van der Waals surface area contributed by atoms with Crippen LogP contribution < -0.4 is 5.32 Å². The summed E-state index contributed by atoms with van der Waals surface area (Å²) in [4.78, 5) is 2.77. The Morgan fingerprint density at radius 1 is 1.19 bits per heavy atom. The first kappa shape index (κ1) is 17.2. The van der Waals surface area contributed by atoms with Gasteiger partial charge in [0.2, 0.25) is 0 Å². The maximum absolute atomic E-state index is 5.77. The molecule has 2 fully saturated rings. The van der Waals surface area contributed by atoms with Gasteiger partial charge in [0.25, 0.3) is 0 Å². The normalized spacial score (nSPS) is 33.4. The maximum atomic E-state index is 5.77. The lowest BCUT2D eigenvalue weighted by atomic mass is 9.83. The van der Waals surface area contributed by atoms with E-state index in [1.807, 2.05) is 0 Å². The van der Waals surface area contributed by atoms with E-state index in [9.17, 15) is 0 Å². The van der Waals surface area contributed by atoms with Gasteiger partial charge >= 0.3 is 0 Å². The molecule has 0 saturated carbocycles. The van der Waals surface area contributed by atoms with Crippen LogP contribution in [0.3, 0.4) is 0 Å². The molecule has 3 nitrogen and oxygen atoms in total. The number of nitrogens with zero attached hydrogens (tertiary/aromatic N) is 1. The van der Waals surface area contributed by atoms with Crippen LogP contribution in [0.5, 0.6) is 0 Å². The van der Waals surface area contributed by atoms with Crippen molar-refractivity contribution in [1.29, 1.82) is 0 Å². The zero-order valence-corrected chi connectivity index (χ0v) is 14.7. The van der Waals surface area contributed by atoms with Crippen molar-refractivity contribution in [3.8, 4) is 0 Å². The molecule has 0 aliphatic carbocycles. The van der Waals surface area contributed by atoms with Crippen molar-refractivity contribution >= 4 is 0 Å². The lowest BCUT2D eigenvalue weighted by molar-refractivity contribution is 0.00474. The molecule has 2 atom stereocenters. The number of rotatable bonds is 7. The predicted octanol–water partition coefficient (Wildman–Crippen LogP) is 3.58. The molecule has 21 heavy (non-hydrogen) atoms. The summed E-state index contributed by atoms with van der Waals surface area (Å²) in [5.74, 6) is 0. The van der Waals surface area contributed by atoms with Crippen LogP contribution in [0.2, 0.25) is 0 Å². The number of nitrogens with one attached hydrogen (secondary N) is 1. The molecule has 2 heterocycles. The highest BCUT2D eigenvalue weighted by molar-refractivity contribution is 5.02. The van der Waals surface area contributed by atoms with E-state index in [4.69, 9.17) is 4.74 Å². The lowest BCUT2D eigenvalue weighted by Gasteiger charge is -2.53. The topological polar surface area (TPSA) is 24.5 Å². The van der Waals surface area contributed by atoms with E-state index >= 15 is 0 Å². The molecule has 2 aliphatic heterocycles. The van der Waals surface area contributed by atoms with Gasteiger partial charge in [-0.05, 0) is 58.4 Å². The molecule has 0 aromatic carbocycles. The third kappa shape index (κ3) is 4.00. The van der Waals surface area contributed by atoms with Crippen molar-refractivity contribution < 1.29 is 4.74 Å². The lowest BCUT2D eigenvalue weighted by Crippen LogP contribution is -2.68. The summed E-state index contributed by atoms with van der Waals surface area (Å²) in [5, 5.41) is 3.87. The highest BCUT2D eigenvalue weighted by Crippen LogP contribution is 2.31. The Hall–Kier alpha value is -0.120. The summed E-state index contributed by atoms with van der Waals surface area (Å²) in [6, 6.07) is 0. The first-order chi connectivity index (χ1) is 10.1. The molecular weight excluding hydrogens is 260 g/mol. The molecule has 2 unspecified atom stereocenters. The van der Waals surface area contributed by atoms with Gasteiger partial charge in [-0.1, -0.05) is 20.8 Å². The van der Waals surface area contributed by atoms with Crippen LogP contribution in [0.15, 0.2) is 0 Å². The molecule has 2 aliphatic rings. The number of hydrogen-bond acceptors (Lipinski definition) is 3. The smallest absolute Gasteiger partial charge is 0.0576 e. The first-order valence-electron chi connectivity index (χ1n) is 9.19. The SMILES string of the molecule is CCC1(CC)CN(CCCC2CCCO2)C(C)(CC)CN1. The second kappa shape index (κ2) is 7.43. The van der Waals surface area contributed by atoms with Gasteiger partial charge in [0.15, 0.2) is 0 Å². The van der Waals surface area contributed by atoms with Crippen LogP contribution in [0.25, 0.3) is 0 Å². The van der Waals surface area contributed by atoms with E-state index in [2.05, 4.69) is 37.9 Å². The molecule has 0 amide bonds. The molecule has 0 radical (unpaired) electrons. The van der Waals surface area contributed by atoms with Crippen LogP contribution in [-0.2, 0) is 4.74 Å². The summed E-state index contributed by atoms with van der Waals surface area (Å²) in [6.45, 7) is 14.0. The third-order valence-corrected chi connectivity index (χ3v) is 6.19. The minimum Gasteiger partial charge on any atom is -0.378 e. The largest absolute Gasteiger partial charge is 0.378 e. The van der Waals surface area contributed by atoms with Crippen LogP contribution in [-0.4, -0.2) is 48.3 Å². The minimum absolute atomic E-state index is 0.324. The second-order valence-electron chi connectivity index (χ2n) is 7.39. The Morgan fingerprint density at radius 3 is 2.52 bits per heavy atom. The fraction of sp³-hybridized carbons (Fsp3) is 1.00. The summed E-state index contributed by atoms with van der Waals surface area (Å²) in [5.41, 5.74) is 0.656. The summed E-state index contributed by atoms with van der Waals surface area (Å²) >= 11 is 0. The molecule has 0 bridgehead atoms. The first-order valence-corrected chi connectivity index (χ1v) is 9.19. The summed E-state index contributed by atoms with van der Waals surface area (Å²) < 4.78 is 5.77. The van der Waals surface area contributed by atoms with Crippen molar-refractivity contribution in [2.75, 3.05) is 26.2 Å². The zero-order valence-electron chi connectivity index (χ0n) is 14.7. The molecule has 0 aromatic heterocycles. The minimum atomic E-state index is 0.324. The molecular formula is C18H36N2O. The van der Waals surface area contributed by atoms with Crippen molar-refractivity contribution in [3.05, 3.63) is 0 Å². The Morgan fingerprint density at radius 2 is 1.95 bits per heavy atom. The number of hydrogen-bond donors (Lipinski definition) is 1. The van der Waals surface area contributed by atoms with Crippen molar-refractivity contribution in [2.45, 2.75) is 89.8 Å². The molecule has 1 N–H and O–H groups in total. The van der Waals surface area contributed by atoms with Gasteiger partial charge in [0, 0.05) is 30.8 Å². The molecule has 0 spiro atoms. The molecule has 2 saturated heterocycles. The molecule has 124 valence electrons. The van der Waals surface area contributed by atoms with E-state index in [1.54, 1.807) is 0 Å². The highest BCUT2D eigenvalue weighted by atomic mass is 16.5. The standard InChI is InChI=1S/C18H36N2O/c1-5-17(4)14-19-18(6-2,7-3)15-20(17)12-8-10-16-11-9-13-21-16/h16,19H,5-15H2,1-4H3. The van der Waals surface area contributed by atoms with Gasteiger partial charge in [0.1, 0.15) is 0 Å². The number of piperazine rings is 1. The van der Waals surface area contributed by atoms with Crippen LogP contribution in [0.1, 0.15) is 72.6 Å². The summed E-state index contributed by atoms with van der Waals surface area (Å²) in [7, 11) is 0. The Balaban J connectivity index is 1.90. The Bertz CT molecular complexity index is 310. The van der Waals surface area contributed by atoms with E-state index in [-0.39, 0.29) is 0 Å². The van der Waals surface area contributed by atoms with Crippen molar-refractivity contribution in [2.24, 2.45) is 0 Å². The zero-order chi connectivity index (χ0) is 15.3. The van der Waals surface area contributed by atoms with E-state index in [0.29, 0.717) is 17.2 Å². The van der Waals surface area contributed by atoms with E-state index in [0.717, 1.165) is 13.2 Å². The van der Waals surface area contributed by atoms with Gasteiger partial charge in [-0.2, -0.15) is 0 Å².